The first-order valence-corrected chi connectivity index (χ1v) is 33.8. The maximum Gasteiger partial charge on any atom is 0.335 e. The van der Waals surface area contributed by atoms with E-state index in [1.54, 1.807) is 0 Å². The van der Waals surface area contributed by atoms with Crippen LogP contribution in [0.3, 0.4) is 0 Å². The van der Waals surface area contributed by atoms with Gasteiger partial charge in [0.25, 0.3) is 0 Å². The number of carboxylic acids is 1. The Morgan fingerprint density at radius 1 is 0.391 bits per heavy atom. The minimum absolute atomic E-state index is 0.0390. The highest BCUT2D eigenvalue weighted by Crippen LogP contribution is 2.26. The SMILES string of the molecule is CC/C=C\C/C=C\C/C=C\C/C=C\C/C=C\C/C=C\CCC(=O)OCC(COC1OC(C(=O)O)C(O)C(O)C1OC(=O)CCCCCCCCCCC/C=C\C/C=C\CCCCC)OC(=O)CCCCCCCC/C=C\C/C=C\C/C=C\C/C=C\CC. The van der Waals surface area contributed by atoms with Crippen LogP contribution in [0.4, 0.5) is 0 Å². The van der Waals surface area contributed by atoms with Crippen molar-refractivity contribution >= 4 is 23.9 Å². The van der Waals surface area contributed by atoms with E-state index in [0.29, 0.717) is 19.3 Å². The molecule has 490 valence electrons. The lowest BCUT2D eigenvalue weighted by Gasteiger charge is -2.40. The number of carboxylic acid groups (broad SMARTS) is 1. The predicted molar refractivity (Wildman–Crippen MR) is 358 cm³/mol. The van der Waals surface area contributed by atoms with Gasteiger partial charge in [-0.3, -0.25) is 14.4 Å². The number of ether oxygens (including phenoxy) is 5. The van der Waals surface area contributed by atoms with Crippen LogP contribution >= 0.6 is 0 Å². The Hall–Kier alpha value is -5.40. The van der Waals surface area contributed by atoms with E-state index in [-0.39, 0.29) is 25.9 Å². The summed E-state index contributed by atoms with van der Waals surface area (Å²) in [7, 11) is 0. The highest BCUT2D eigenvalue weighted by molar-refractivity contribution is 5.74. The Bertz CT molecular complexity index is 2070. The molecule has 3 N–H and O–H groups in total. The summed E-state index contributed by atoms with van der Waals surface area (Å²) in [4.78, 5) is 51.4. The van der Waals surface area contributed by atoms with Crippen LogP contribution in [0.1, 0.15) is 252 Å². The molecule has 1 aliphatic heterocycles. The number of allylic oxidation sites excluding steroid dienone is 24. The Balaban J connectivity index is 2.72. The topological polar surface area (TPSA) is 175 Å². The zero-order valence-electron chi connectivity index (χ0n) is 54.2. The third kappa shape index (κ3) is 50.2. The molecule has 6 atom stereocenters. The monoisotopic (exact) mass is 1210 g/mol. The number of esters is 3. The molecule has 87 heavy (non-hydrogen) atoms. The van der Waals surface area contributed by atoms with Crippen LogP contribution in [0.2, 0.25) is 0 Å². The Morgan fingerprint density at radius 3 is 1.15 bits per heavy atom. The molecule has 6 unspecified atom stereocenters. The van der Waals surface area contributed by atoms with Crippen molar-refractivity contribution in [3.8, 4) is 0 Å². The third-order valence-corrected chi connectivity index (χ3v) is 14.4. The van der Waals surface area contributed by atoms with Crippen molar-refractivity contribution in [2.24, 2.45) is 0 Å². The molecule has 0 aromatic heterocycles. The zero-order chi connectivity index (χ0) is 63.1. The van der Waals surface area contributed by atoms with E-state index < -0.39 is 67.3 Å². The summed E-state index contributed by atoms with van der Waals surface area (Å²) in [6, 6.07) is 0. The average Bonchev–Trinajstić information content (AvgIpc) is 2.56. The molecule has 1 fully saturated rings. The largest absolute Gasteiger partial charge is 0.479 e. The van der Waals surface area contributed by atoms with Crippen LogP contribution in [0.5, 0.6) is 0 Å². The second-order valence-electron chi connectivity index (χ2n) is 22.3. The van der Waals surface area contributed by atoms with E-state index in [1.165, 1.54) is 51.4 Å². The van der Waals surface area contributed by atoms with Crippen LogP contribution in [-0.2, 0) is 42.9 Å². The van der Waals surface area contributed by atoms with Gasteiger partial charge < -0.3 is 39.0 Å². The van der Waals surface area contributed by atoms with Gasteiger partial charge in [-0.1, -0.05) is 250 Å². The minimum Gasteiger partial charge on any atom is -0.479 e. The fourth-order valence-corrected chi connectivity index (χ4v) is 9.30. The second kappa shape index (κ2) is 60.9. The second-order valence-corrected chi connectivity index (χ2v) is 22.3. The Kier molecular flexibility index (Phi) is 55.7. The first kappa shape index (κ1) is 79.6. The highest BCUT2D eigenvalue weighted by Gasteiger charge is 2.50. The van der Waals surface area contributed by atoms with Gasteiger partial charge in [-0.15, -0.1) is 0 Å². The standard InChI is InChI=1S/C75H118O12/c1-4-7-10-13-16-19-22-25-28-31-34-37-40-43-46-49-52-55-58-61-67(76)83-64-66(85-68(77)62-59-56-53-50-47-44-41-38-35-32-29-26-23-20-17-14-11-8-5-2)65-84-75-73(71(80)70(79)72(87-75)74(81)82)86-69(78)63-60-57-54-51-48-45-42-39-36-33-30-27-24-21-18-15-12-9-6-3/h7-8,10-11,16-21,25-30,34-35,37-38,43,46,52,55,66,70-73,75,79-80H,4-6,9,12-15,22-24,31-33,36,39-42,44-45,47-51,53-54,56-65H2,1-3H3,(H,81,82)/b10-7-,11-8-,19-16-,20-17-,21-18-,28-25-,29-26-,30-27-,37-34-,38-35-,46-43-,55-52-. The van der Waals surface area contributed by atoms with Crippen molar-refractivity contribution in [2.45, 2.75) is 289 Å². The zero-order valence-corrected chi connectivity index (χ0v) is 54.2. The van der Waals surface area contributed by atoms with Crippen molar-refractivity contribution in [1.29, 1.82) is 0 Å². The first-order valence-electron chi connectivity index (χ1n) is 33.8. The van der Waals surface area contributed by atoms with Gasteiger partial charge in [-0.05, 0) is 128 Å². The van der Waals surface area contributed by atoms with Crippen LogP contribution in [0.15, 0.2) is 146 Å². The molecular weight excluding hydrogens is 1090 g/mol. The molecule has 0 bridgehead atoms. The number of carbonyl (C=O) groups excluding carboxylic acids is 3. The molecule has 12 nitrogen and oxygen atoms in total. The summed E-state index contributed by atoms with van der Waals surface area (Å²) in [6.45, 7) is 5.68. The maximum atomic E-state index is 13.2. The molecular formula is C75H118O12. The number of unbranched alkanes of at least 4 members (excludes halogenated alkanes) is 18. The molecule has 0 saturated carbocycles. The first-order chi connectivity index (χ1) is 42.6. The Morgan fingerprint density at radius 2 is 0.747 bits per heavy atom. The average molecular weight is 1210 g/mol. The maximum absolute atomic E-state index is 13.2. The number of carbonyl (C=O) groups is 4. The number of rotatable bonds is 56. The Labute approximate surface area is 527 Å². The number of hydrogen-bond donors (Lipinski definition) is 3. The number of aliphatic carboxylic acids is 1. The number of aliphatic hydroxyl groups excluding tert-OH is 2. The molecule has 0 aromatic rings. The molecule has 1 aliphatic rings. The van der Waals surface area contributed by atoms with Crippen molar-refractivity contribution in [3.63, 3.8) is 0 Å². The van der Waals surface area contributed by atoms with Crippen LogP contribution < -0.4 is 0 Å². The third-order valence-electron chi connectivity index (χ3n) is 14.4. The molecule has 12 heteroatoms. The molecule has 0 radical (unpaired) electrons. The van der Waals surface area contributed by atoms with Crippen molar-refractivity contribution in [1.82, 2.24) is 0 Å². The summed E-state index contributed by atoms with van der Waals surface area (Å²) < 4.78 is 28.5. The summed E-state index contributed by atoms with van der Waals surface area (Å²) in [6.07, 6.45) is 75.2. The van der Waals surface area contributed by atoms with Crippen molar-refractivity contribution in [2.75, 3.05) is 13.2 Å². The fraction of sp³-hybridized carbons (Fsp3) is 0.627. The van der Waals surface area contributed by atoms with E-state index in [0.717, 1.165) is 141 Å². The smallest absolute Gasteiger partial charge is 0.335 e. The molecule has 0 aliphatic carbocycles. The lowest BCUT2D eigenvalue weighted by molar-refractivity contribution is -0.301. The van der Waals surface area contributed by atoms with Gasteiger partial charge in [0.2, 0.25) is 0 Å². The lowest BCUT2D eigenvalue weighted by atomic mass is 9.98. The summed E-state index contributed by atoms with van der Waals surface area (Å²) >= 11 is 0. The van der Waals surface area contributed by atoms with Crippen LogP contribution in [0.25, 0.3) is 0 Å². The minimum atomic E-state index is -1.93. The summed E-state index contributed by atoms with van der Waals surface area (Å²) in [5.41, 5.74) is 0. The van der Waals surface area contributed by atoms with Gasteiger partial charge in [0.15, 0.2) is 24.6 Å². The lowest BCUT2D eigenvalue weighted by Crippen LogP contribution is -2.61. The predicted octanol–water partition coefficient (Wildman–Crippen LogP) is 18.7. The van der Waals surface area contributed by atoms with Crippen molar-refractivity contribution < 1.29 is 58.2 Å². The molecule has 1 rings (SSSR count). The van der Waals surface area contributed by atoms with Gasteiger partial charge in [-0.25, -0.2) is 4.79 Å². The summed E-state index contributed by atoms with van der Waals surface area (Å²) in [5, 5.41) is 31.7. The number of hydrogen-bond acceptors (Lipinski definition) is 11. The molecule has 0 spiro atoms. The van der Waals surface area contributed by atoms with E-state index in [4.69, 9.17) is 23.7 Å². The van der Waals surface area contributed by atoms with E-state index in [9.17, 15) is 34.5 Å². The molecule has 0 amide bonds. The summed E-state index contributed by atoms with van der Waals surface area (Å²) in [5.74, 6) is -3.27. The molecule has 1 heterocycles. The normalized spacial score (nSPS) is 18.3. The van der Waals surface area contributed by atoms with Crippen LogP contribution in [-0.4, -0.2) is 89.2 Å². The quantitative estimate of drug-likeness (QED) is 0.0228. The van der Waals surface area contributed by atoms with Gasteiger partial charge in [0, 0.05) is 19.3 Å². The van der Waals surface area contributed by atoms with Gasteiger partial charge in [0.1, 0.15) is 18.8 Å². The number of aliphatic hydroxyl groups is 2. The van der Waals surface area contributed by atoms with Gasteiger partial charge >= 0.3 is 23.9 Å². The molecule has 0 aromatic carbocycles. The van der Waals surface area contributed by atoms with Crippen molar-refractivity contribution in [3.05, 3.63) is 146 Å². The van der Waals surface area contributed by atoms with E-state index in [2.05, 4.69) is 154 Å². The fourth-order valence-electron chi connectivity index (χ4n) is 9.30. The van der Waals surface area contributed by atoms with E-state index in [1.807, 2.05) is 12.2 Å². The van der Waals surface area contributed by atoms with Gasteiger partial charge in [0.05, 0.1) is 6.61 Å². The highest BCUT2D eigenvalue weighted by atomic mass is 16.7. The van der Waals surface area contributed by atoms with Gasteiger partial charge in [-0.2, -0.15) is 0 Å². The van der Waals surface area contributed by atoms with E-state index >= 15 is 0 Å². The molecule has 1 saturated heterocycles. The van der Waals surface area contributed by atoms with Crippen LogP contribution in [0, 0.1) is 0 Å².